The third-order valence-electron chi connectivity index (χ3n) is 7.60. The van der Waals surface area contributed by atoms with Crippen molar-refractivity contribution in [3.63, 3.8) is 0 Å². The minimum Gasteiger partial charge on any atom is -0.457 e. The monoisotopic (exact) mass is 521 g/mol. The summed E-state index contributed by atoms with van der Waals surface area (Å²) in [7, 11) is 0. The second-order valence-electron chi connectivity index (χ2n) is 10.4. The topological polar surface area (TPSA) is 59.0 Å². The van der Waals surface area contributed by atoms with Crippen LogP contribution < -0.4 is 9.47 Å². The summed E-state index contributed by atoms with van der Waals surface area (Å²) in [6.07, 6.45) is 0.476. The van der Waals surface area contributed by atoms with Crippen LogP contribution in [-0.4, -0.2) is 35.4 Å². The van der Waals surface area contributed by atoms with Gasteiger partial charge < -0.3 is 19.5 Å². The van der Waals surface area contributed by atoms with Crippen molar-refractivity contribution < 1.29 is 19.4 Å². The van der Waals surface area contributed by atoms with Crippen LogP contribution in [0.5, 0.6) is 23.0 Å². The van der Waals surface area contributed by atoms with Gasteiger partial charge in [0.2, 0.25) is 0 Å². The molecule has 0 radical (unpaired) electrons. The number of aryl methyl sites for hydroxylation is 2. The first kappa shape index (κ1) is 26.7. The van der Waals surface area contributed by atoms with Crippen LogP contribution in [0.2, 0.25) is 0 Å². The van der Waals surface area contributed by atoms with Crippen LogP contribution in [0.3, 0.4) is 0 Å². The highest BCUT2D eigenvalue weighted by Gasteiger charge is 2.46. The van der Waals surface area contributed by atoms with Gasteiger partial charge >= 0.3 is 0 Å². The molecule has 1 N–H and O–H groups in total. The van der Waals surface area contributed by atoms with E-state index in [2.05, 4.69) is 11.8 Å². The fraction of sp³-hybridized carbons (Fsp3) is 0.265. The number of carbonyl (C=O) groups excluding carboxylic acids is 1. The fourth-order valence-corrected chi connectivity index (χ4v) is 5.12. The molecule has 1 aliphatic heterocycles. The molecule has 5 rings (SSSR count). The van der Waals surface area contributed by atoms with Crippen molar-refractivity contribution in [2.45, 2.75) is 32.8 Å². The van der Waals surface area contributed by atoms with E-state index in [9.17, 15) is 9.90 Å². The molecule has 1 aliphatic rings. The maximum absolute atomic E-state index is 13.8. The van der Waals surface area contributed by atoms with Crippen LogP contribution in [0.15, 0.2) is 97.1 Å². The van der Waals surface area contributed by atoms with E-state index in [0.29, 0.717) is 30.0 Å². The van der Waals surface area contributed by atoms with Crippen LogP contribution in [-0.2, 0) is 5.60 Å². The summed E-state index contributed by atoms with van der Waals surface area (Å²) in [5.74, 6) is 2.18. The van der Waals surface area contributed by atoms with Gasteiger partial charge in [-0.2, -0.15) is 0 Å². The normalized spacial score (nSPS) is 19.4. The number of rotatable bonds is 8. The molecule has 1 saturated heterocycles. The largest absolute Gasteiger partial charge is 0.457 e. The molecule has 4 aromatic carbocycles. The summed E-state index contributed by atoms with van der Waals surface area (Å²) in [6, 6.07) is 30.4. The van der Waals surface area contributed by atoms with Crippen molar-refractivity contribution in [2.75, 3.05) is 19.6 Å². The van der Waals surface area contributed by atoms with Gasteiger partial charge in [-0.25, -0.2) is 0 Å². The van der Waals surface area contributed by atoms with Crippen molar-refractivity contribution in [2.24, 2.45) is 5.92 Å². The molecule has 39 heavy (non-hydrogen) atoms. The molecule has 5 heteroatoms. The van der Waals surface area contributed by atoms with Crippen LogP contribution in [0.4, 0.5) is 0 Å². The number of piperidine rings is 1. The van der Waals surface area contributed by atoms with E-state index in [0.717, 1.165) is 35.7 Å². The van der Waals surface area contributed by atoms with Crippen molar-refractivity contribution in [1.29, 1.82) is 0 Å². The average molecular weight is 522 g/mol. The molecule has 0 bridgehead atoms. The van der Waals surface area contributed by atoms with Crippen LogP contribution in [0.25, 0.3) is 0 Å². The Labute approximate surface area is 230 Å². The number of hydrogen-bond donors (Lipinski definition) is 1. The van der Waals surface area contributed by atoms with Crippen LogP contribution in [0, 0.1) is 19.8 Å². The zero-order valence-corrected chi connectivity index (χ0v) is 22.8. The van der Waals surface area contributed by atoms with E-state index < -0.39 is 11.5 Å². The van der Waals surface area contributed by atoms with Gasteiger partial charge in [-0.15, -0.1) is 0 Å². The number of ketones is 1. The van der Waals surface area contributed by atoms with Gasteiger partial charge in [0.1, 0.15) is 28.6 Å². The number of hydrogen-bond acceptors (Lipinski definition) is 5. The zero-order valence-electron chi connectivity index (χ0n) is 22.8. The zero-order chi connectivity index (χ0) is 27.4. The molecule has 0 amide bonds. The molecule has 4 aromatic rings. The number of carbonyl (C=O) groups is 1. The SMILES string of the molecule is CCN1CC[C@@](O)(c2ccc(Oc3ccc(C)cc3)cc2)[C@H](C(=O)c2ccc(Oc3ccc(C)cc3)cc2)C1. The third-order valence-corrected chi connectivity index (χ3v) is 7.60. The molecule has 0 spiro atoms. The number of Topliss-reactive ketones (excluding diaryl/α,β-unsaturated/α-hetero) is 1. The first-order chi connectivity index (χ1) is 18.8. The van der Waals surface area contributed by atoms with E-state index in [4.69, 9.17) is 9.47 Å². The molecule has 200 valence electrons. The molecule has 0 aromatic heterocycles. The number of benzene rings is 4. The van der Waals surface area contributed by atoms with E-state index in [1.54, 1.807) is 12.1 Å². The first-order valence-electron chi connectivity index (χ1n) is 13.5. The van der Waals surface area contributed by atoms with Gasteiger partial charge in [0, 0.05) is 18.7 Å². The molecule has 0 aliphatic carbocycles. The van der Waals surface area contributed by atoms with Gasteiger partial charge in [-0.1, -0.05) is 54.4 Å². The second-order valence-corrected chi connectivity index (χ2v) is 10.4. The highest BCUT2D eigenvalue weighted by atomic mass is 16.5. The summed E-state index contributed by atoms with van der Waals surface area (Å²) in [6.45, 7) is 8.20. The van der Waals surface area contributed by atoms with E-state index in [1.165, 1.54) is 5.56 Å². The lowest BCUT2D eigenvalue weighted by Crippen LogP contribution is -2.53. The summed E-state index contributed by atoms with van der Waals surface area (Å²) >= 11 is 0. The number of ether oxygens (including phenoxy) is 2. The van der Waals surface area contributed by atoms with E-state index in [-0.39, 0.29) is 5.78 Å². The highest BCUT2D eigenvalue weighted by molar-refractivity contribution is 5.99. The summed E-state index contributed by atoms with van der Waals surface area (Å²) in [5.41, 5.74) is 2.35. The lowest BCUT2D eigenvalue weighted by atomic mass is 9.72. The summed E-state index contributed by atoms with van der Waals surface area (Å²) < 4.78 is 11.9. The second kappa shape index (κ2) is 11.4. The minimum absolute atomic E-state index is 0.0717. The van der Waals surface area contributed by atoms with Crippen molar-refractivity contribution in [3.05, 3.63) is 119 Å². The van der Waals surface area contributed by atoms with Gasteiger partial charge in [-0.3, -0.25) is 4.79 Å². The summed E-state index contributed by atoms with van der Waals surface area (Å²) in [5, 5.41) is 12.0. The van der Waals surface area contributed by atoms with E-state index in [1.807, 2.05) is 98.8 Å². The molecule has 0 unspecified atom stereocenters. The first-order valence-corrected chi connectivity index (χ1v) is 13.5. The Morgan fingerprint density at radius 3 is 1.67 bits per heavy atom. The lowest BCUT2D eigenvalue weighted by Gasteiger charge is -2.44. The van der Waals surface area contributed by atoms with Crippen LogP contribution in [0.1, 0.15) is 40.4 Å². The van der Waals surface area contributed by atoms with Gasteiger partial charge in [-0.05, 0) is 93.0 Å². The number of aliphatic hydroxyl groups is 1. The van der Waals surface area contributed by atoms with Gasteiger partial charge in [0.05, 0.1) is 5.92 Å². The standard InChI is InChI=1S/C34H35NO4/c1-4-35-22-21-34(37,27-11-19-31(20-12-27)39-29-15-7-25(3)8-16-29)32(23-35)33(36)26-9-17-30(18-10-26)38-28-13-5-24(2)6-14-28/h5-20,32,37H,4,21-23H2,1-3H3/t32-,34+/m0/s1. The van der Waals surface area contributed by atoms with Crippen molar-refractivity contribution in [3.8, 4) is 23.0 Å². The molecule has 5 nitrogen and oxygen atoms in total. The fourth-order valence-electron chi connectivity index (χ4n) is 5.12. The summed E-state index contributed by atoms with van der Waals surface area (Å²) in [4.78, 5) is 16.1. The molecule has 2 atom stereocenters. The maximum Gasteiger partial charge on any atom is 0.170 e. The highest BCUT2D eigenvalue weighted by Crippen LogP contribution is 2.40. The Hall–Kier alpha value is -3.93. The molecule has 0 saturated carbocycles. The Morgan fingerprint density at radius 2 is 1.21 bits per heavy atom. The van der Waals surface area contributed by atoms with Crippen molar-refractivity contribution in [1.82, 2.24) is 4.90 Å². The smallest absolute Gasteiger partial charge is 0.170 e. The number of nitrogens with zero attached hydrogens (tertiary/aromatic N) is 1. The van der Waals surface area contributed by atoms with E-state index >= 15 is 0 Å². The predicted molar refractivity (Wildman–Crippen MR) is 154 cm³/mol. The molecular formula is C34H35NO4. The van der Waals surface area contributed by atoms with Crippen LogP contribution >= 0.6 is 0 Å². The number of likely N-dealkylation sites (tertiary alicyclic amines) is 1. The molecule has 1 heterocycles. The molecule has 1 fully saturated rings. The predicted octanol–water partition coefficient (Wildman–Crippen LogP) is 7.30. The quantitative estimate of drug-likeness (QED) is 0.247. The molecular weight excluding hydrogens is 486 g/mol. The van der Waals surface area contributed by atoms with Gasteiger partial charge in [0.15, 0.2) is 5.78 Å². The lowest BCUT2D eigenvalue weighted by molar-refractivity contribution is -0.0632. The Balaban J connectivity index is 1.35. The Bertz CT molecular complexity index is 1400. The average Bonchev–Trinajstić information content (AvgIpc) is 2.96. The Kier molecular flexibility index (Phi) is 7.82. The Morgan fingerprint density at radius 1 is 0.769 bits per heavy atom. The van der Waals surface area contributed by atoms with Crippen molar-refractivity contribution >= 4 is 5.78 Å². The van der Waals surface area contributed by atoms with Gasteiger partial charge in [0.25, 0.3) is 0 Å². The minimum atomic E-state index is -1.28. The maximum atomic E-state index is 13.8. The third kappa shape index (κ3) is 6.06.